The minimum atomic E-state index is 0.481. The van der Waals surface area contributed by atoms with Gasteiger partial charge in [-0.15, -0.1) is 0 Å². The summed E-state index contributed by atoms with van der Waals surface area (Å²) in [6.45, 7) is 13.2. The zero-order chi connectivity index (χ0) is 15.2. The Morgan fingerprint density at radius 2 is 2.05 bits per heavy atom. The number of nitrogens with one attached hydrogen (secondary N) is 1. The fraction of sp³-hybridized carbons (Fsp3) is 0.722. The molecule has 0 radical (unpaired) electrons. The molecule has 1 aromatic rings. The van der Waals surface area contributed by atoms with Crippen LogP contribution in [0.2, 0.25) is 0 Å². The lowest BCUT2D eigenvalue weighted by Gasteiger charge is -2.24. The number of aromatic nitrogens is 1. The van der Waals surface area contributed by atoms with E-state index in [4.69, 9.17) is 4.98 Å². The summed E-state index contributed by atoms with van der Waals surface area (Å²) >= 11 is 0. The monoisotopic (exact) mass is 289 g/mol. The van der Waals surface area contributed by atoms with Crippen molar-refractivity contribution in [2.45, 2.75) is 59.4 Å². The van der Waals surface area contributed by atoms with Gasteiger partial charge in [0.05, 0.1) is 0 Å². The lowest BCUT2D eigenvalue weighted by Crippen LogP contribution is -2.27. The molecular weight excluding hydrogens is 258 g/mol. The van der Waals surface area contributed by atoms with E-state index in [1.54, 1.807) is 0 Å². The van der Waals surface area contributed by atoms with Crippen molar-refractivity contribution in [3.63, 3.8) is 0 Å². The van der Waals surface area contributed by atoms with Crippen LogP contribution in [0.15, 0.2) is 12.1 Å². The van der Waals surface area contributed by atoms with Gasteiger partial charge in [-0.05, 0) is 62.3 Å². The third kappa shape index (κ3) is 4.99. The minimum Gasteiger partial charge on any atom is -0.357 e. The van der Waals surface area contributed by atoms with Crippen molar-refractivity contribution < 1.29 is 0 Å². The maximum Gasteiger partial charge on any atom is 0.129 e. The summed E-state index contributed by atoms with van der Waals surface area (Å²) in [7, 11) is 0. The van der Waals surface area contributed by atoms with Crippen molar-refractivity contribution in [3.8, 4) is 0 Å². The Morgan fingerprint density at radius 1 is 1.29 bits per heavy atom. The highest BCUT2D eigenvalue weighted by atomic mass is 15.2. The number of rotatable bonds is 9. The first-order valence-corrected chi connectivity index (χ1v) is 8.60. The third-order valence-corrected chi connectivity index (χ3v) is 4.12. The average molecular weight is 289 g/mol. The first-order valence-electron chi connectivity index (χ1n) is 8.60. The molecule has 0 atom stereocenters. The summed E-state index contributed by atoms with van der Waals surface area (Å²) in [5.74, 6) is 2.55. The smallest absolute Gasteiger partial charge is 0.129 e. The molecule has 1 heterocycles. The number of hydrogen-bond acceptors (Lipinski definition) is 3. The van der Waals surface area contributed by atoms with E-state index in [1.165, 1.54) is 42.9 Å². The molecule has 21 heavy (non-hydrogen) atoms. The van der Waals surface area contributed by atoms with Crippen molar-refractivity contribution >= 4 is 5.82 Å². The SMILES string of the molecule is CCCNCc1cc(C(C)C)nc(N(CC)CC2CC2)c1. The Morgan fingerprint density at radius 3 is 2.62 bits per heavy atom. The average Bonchev–Trinajstić information content (AvgIpc) is 3.28. The van der Waals surface area contributed by atoms with Gasteiger partial charge in [0, 0.05) is 25.3 Å². The fourth-order valence-electron chi connectivity index (χ4n) is 2.56. The molecule has 2 rings (SSSR count). The van der Waals surface area contributed by atoms with Gasteiger partial charge in [0.2, 0.25) is 0 Å². The van der Waals surface area contributed by atoms with Crippen LogP contribution in [-0.2, 0) is 6.54 Å². The zero-order valence-electron chi connectivity index (χ0n) is 14.2. The molecule has 3 nitrogen and oxygen atoms in total. The molecule has 0 aromatic carbocycles. The van der Waals surface area contributed by atoms with Crippen LogP contribution in [0.25, 0.3) is 0 Å². The highest BCUT2D eigenvalue weighted by Gasteiger charge is 2.24. The maximum absolute atomic E-state index is 4.91. The van der Waals surface area contributed by atoms with Crippen LogP contribution in [0.1, 0.15) is 64.1 Å². The van der Waals surface area contributed by atoms with Crippen LogP contribution in [0.3, 0.4) is 0 Å². The number of nitrogens with zero attached hydrogens (tertiary/aromatic N) is 2. The van der Waals surface area contributed by atoms with E-state index in [9.17, 15) is 0 Å². The topological polar surface area (TPSA) is 28.2 Å². The van der Waals surface area contributed by atoms with E-state index in [2.05, 4.69) is 50.0 Å². The van der Waals surface area contributed by atoms with Crippen LogP contribution in [0.4, 0.5) is 5.82 Å². The molecule has 1 fully saturated rings. The molecule has 1 aliphatic rings. The minimum absolute atomic E-state index is 0.481. The van der Waals surface area contributed by atoms with E-state index in [0.717, 1.165) is 25.6 Å². The summed E-state index contributed by atoms with van der Waals surface area (Å²) in [6.07, 6.45) is 3.97. The van der Waals surface area contributed by atoms with Crippen molar-refractivity contribution in [1.29, 1.82) is 0 Å². The molecule has 1 saturated carbocycles. The second-order valence-electron chi connectivity index (χ2n) is 6.57. The van der Waals surface area contributed by atoms with Gasteiger partial charge in [-0.1, -0.05) is 20.8 Å². The molecule has 3 heteroatoms. The van der Waals surface area contributed by atoms with Gasteiger partial charge < -0.3 is 10.2 Å². The summed E-state index contributed by atoms with van der Waals surface area (Å²) in [5.41, 5.74) is 2.58. The van der Waals surface area contributed by atoms with Gasteiger partial charge in [-0.2, -0.15) is 0 Å². The highest BCUT2D eigenvalue weighted by molar-refractivity contribution is 5.43. The Kier molecular flexibility index (Phi) is 6.04. The van der Waals surface area contributed by atoms with Crippen molar-refractivity contribution in [3.05, 3.63) is 23.4 Å². The normalized spacial score (nSPS) is 14.7. The second-order valence-corrected chi connectivity index (χ2v) is 6.57. The standard InChI is InChI=1S/C18H31N3/c1-5-9-19-12-16-10-17(14(3)4)20-18(11-16)21(6-2)13-15-7-8-15/h10-11,14-15,19H,5-9,12-13H2,1-4H3. The summed E-state index contributed by atoms with van der Waals surface area (Å²) in [4.78, 5) is 7.36. The third-order valence-electron chi connectivity index (χ3n) is 4.12. The molecule has 0 unspecified atom stereocenters. The molecule has 1 aliphatic carbocycles. The Bertz CT molecular complexity index is 438. The van der Waals surface area contributed by atoms with Crippen LogP contribution in [-0.4, -0.2) is 24.6 Å². The van der Waals surface area contributed by atoms with Gasteiger partial charge in [0.15, 0.2) is 0 Å². The number of anilines is 1. The first-order chi connectivity index (χ1) is 10.1. The molecule has 0 bridgehead atoms. The highest BCUT2D eigenvalue weighted by Crippen LogP contribution is 2.31. The van der Waals surface area contributed by atoms with Crippen molar-refractivity contribution in [1.82, 2.24) is 10.3 Å². The van der Waals surface area contributed by atoms with E-state index in [-0.39, 0.29) is 0 Å². The predicted octanol–water partition coefficient (Wildman–Crippen LogP) is 3.94. The first kappa shape index (κ1) is 16.3. The van der Waals surface area contributed by atoms with Gasteiger partial charge >= 0.3 is 0 Å². The van der Waals surface area contributed by atoms with Crippen molar-refractivity contribution in [2.24, 2.45) is 5.92 Å². The molecule has 0 saturated heterocycles. The predicted molar refractivity (Wildman–Crippen MR) is 90.9 cm³/mol. The van der Waals surface area contributed by atoms with Gasteiger partial charge in [0.1, 0.15) is 5.82 Å². The Balaban J connectivity index is 2.16. The molecular formula is C18H31N3. The lowest BCUT2D eigenvalue weighted by atomic mass is 10.1. The van der Waals surface area contributed by atoms with E-state index in [1.807, 2.05) is 0 Å². The van der Waals surface area contributed by atoms with Gasteiger partial charge in [0.25, 0.3) is 0 Å². The molecule has 0 amide bonds. The molecule has 1 aromatic heterocycles. The molecule has 118 valence electrons. The summed E-state index contributed by atoms with van der Waals surface area (Å²) in [5, 5.41) is 3.51. The van der Waals surface area contributed by atoms with E-state index >= 15 is 0 Å². The van der Waals surface area contributed by atoms with Gasteiger partial charge in [-0.25, -0.2) is 4.98 Å². The fourth-order valence-corrected chi connectivity index (χ4v) is 2.56. The quantitative estimate of drug-likeness (QED) is 0.698. The molecule has 1 N–H and O–H groups in total. The van der Waals surface area contributed by atoms with Crippen LogP contribution in [0.5, 0.6) is 0 Å². The summed E-state index contributed by atoms with van der Waals surface area (Å²) in [6, 6.07) is 4.54. The molecule has 0 aliphatic heterocycles. The number of hydrogen-bond donors (Lipinski definition) is 1. The number of pyridine rings is 1. The lowest BCUT2D eigenvalue weighted by molar-refractivity contribution is 0.669. The Labute approximate surface area is 130 Å². The van der Waals surface area contributed by atoms with E-state index < -0.39 is 0 Å². The maximum atomic E-state index is 4.91. The molecule has 0 spiro atoms. The van der Waals surface area contributed by atoms with Crippen LogP contribution < -0.4 is 10.2 Å². The largest absolute Gasteiger partial charge is 0.357 e. The summed E-state index contributed by atoms with van der Waals surface area (Å²) < 4.78 is 0. The zero-order valence-corrected chi connectivity index (χ0v) is 14.2. The van der Waals surface area contributed by atoms with Crippen LogP contribution in [0, 0.1) is 5.92 Å². The van der Waals surface area contributed by atoms with E-state index in [0.29, 0.717) is 5.92 Å². The second kappa shape index (κ2) is 7.79. The van der Waals surface area contributed by atoms with Crippen molar-refractivity contribution in [2.75, 3.05) is 24.5 Å². The Hall–Kier alpha value is -1.09. The van der Waals surface area contributed by atoms with Crippen LogP contribution >= 0.6 is 0 Å². The van der Waals surface area contributed by atoms with Gasteiger partial charge in [-0.3, -0.25) is 0 Å².